The predicted octanol–water partition coefficient (Wildman–Crippen LogP) is 4.61. The molecule has 0 saturated carbocycles. The van der Waals surface area contributed by atoms with Crippen LogP contribution >= 0.6 is 11.6 Å². The van der Waals surface area contributed by atoms with Crippen LogP contribution in [0.4, 0.5) is 14.7 Å². The number of aromatic nitrogens is 5. The van der Waals surface area contributed by atoms with E-state index in [2.05, 4.69) is 24.9 Å². The predicted molar refractivity (Wildman–Crippen MR) is 120 cm³/mol. The van der Waals surface area contributed by atoms with E-state index in [1.54, 1.807) is 13.1 Å². The van der Waals surface area contributed by atoms with Crippen LogP contribution in [0.15, 0.2) is 36.7 Å². The van der Waals surface area contributed by atoms with Gasteiger partial charge in [0.2, 0.25) is 5.95 Å². The van der Waals surface area contributed by atoms with Gasteiger partial charge in [0.25, 0.3) is 0 Å². The summed E-state index contributed by atoms with van der Waals surface area (Å²) in [7, 11) is 0. The summed E-state index contributed by atoms with van der Waals surface area (Å²) in [6.07, 6.45) is 3.07. The molecule has 10 heteroatoms. The molecule has 1 fully saturated rings. The number of nitrogens with zero attached hydrogens (tertiary/aromatic N) is 6. The van der Waals surface area contributed by atoms with E-state index in [1.807, 2.05) is 24.0 Å². The number of ether oxygens (including phenoxy) is 1. The third-order valence-corrected chi connectivity index (χ3v) is 5.74. The number of fused-ring (bicyclic) bond motifs is 1. The van der Waals surface area contributed by atoms with Crippen LogP contribution in [-0.4, -0.2) is 44.6 Å². The first kappa shape index (κ1) is 21.5. The minimum Gasteiger partial charge on any atom is -0.370 e. The van der Waals surface area contributed by atoms with E-state index in [0.29, 0.717) is 37.0 Å². The number of morpholine rings is 1. The van der Waals surface area contributed by atoms with E-state index in [9.17, 15) is 8.78 Å². The van der Waals surface area contributed by atoms with Crippen LogP contribution in [0.5, 0.6) is 0 Å². The fourth-order valence-electron chi connectivity index (χ4n) is 3.82. The summed E-state index contributed by atoms with van der Waals surface area (Å²) in [4.78, 5) is 24.2. The monoisotopic (exact) mass is 468 g/mol. The zero-order chi connectivity index (χ0) is 23.1. The van der Waals surface area contributed by atoms with Crippen molar-refractivity contribution in [3.05, 3.63) is 70.3 Å². The summed E-state index contributed by atoms with van der Waals surface area (Å²) < 4.78 is 35.1. The number of aryl methyl sites for hydroxylation is 2. The van der Waals surface area contributed by atoms with Crippen LogP contribution in [0.25, 0.3) is 22.4 Å². The first-order chi connectivity index (χ1) is 15.9. The summed E-state index contributed by atoms with van der Waals surface area (Å²) in [6, 6.07) is 6.56. The lowest BCUT2D eigenvalue weighted by atomic mass is 10.1. The summed E-state index contributed by atoms with van der Waals surface area (Å²) in [6.45, 7) is 5.16. The number of halogens is 3. The topological polar surface area (TPSA) is 76.9 Å². The largest absolute Gasteiger partial charge is 0.370 e. The molecule has 1 saturated heterocycles. The van der Waals surface area contributed by atoms with Crippen molar-refractivity contribution in [1.82, 2.24) is 24.9 Å². The average molecular weight is 469 g/mol. The third kappa shape index (κ3) is 4.09. The summed E-state index contributed by atoms with van der Waals surface area (Å²) >= 11 is 5.75. The van der Waals surface area contributed by atoms with E-state index < -0.39 is 11.6 Å². The van der Waals surface area contributed by atoms with Crippen LogP contribution < -0.4 is 4.90 Å². The second-order valence-electron chi connectivity index (χ2n) is 7.81. The van der Waals surface area contributed by atoms with Gasteiger partial charge in [0, 0.05) is 30.2 Å². The fraction of sp³-hybridized carbons (Fsp3) is 0.261. The molecule has 0 bridgehead atoms. The normalized spacial score (nSPS) is 16.4. The molecule has 5 rings (SSSR count). The lowest BCUT2D eigenvalue weighted by Gasteiger charge is -2.33. The van der Waals surface area contributed by atoms with E-state index >= 15 is 0 Å². The molecule has 4 heterocycles. The minimum absolute atomic E-state index is 0.0572. The van der Waals surface area contributed by atoms with Crippen molar-refractivity contribution in [1.29, 1.82) is 0 Å². The molecule has 0 aliphatic carbocycles. The van der Waals surface area contributed by atoms with Crippen LogP contribution in [0.1, 0.15) is 23.1 Å². The molecule has 1 aliphatic rings. The number of hydrogen-bond donors (Lipinski definition) is 0. The quantitative estimate of drug-likeness (QED) is 0.406. The highest BCUT2D eigenvalue weighted by Gasteiger charge is 2.26. The maximum Gasteiger partial charge on any atom is 0.228 e. The van der Waals surface area contributed by atoms with Gasteiger partial charge in [-0.1, -0.05) is 11.6 Å². The molecule has 168 valence electrons. The molecular weight excluding hydrogens is 450 g/mol. The van der Waals surface area contributed by atoms with Crippen LogP contribution in [0, 0.1) is 25.5 Å². The molecular formula is C23H19ClF2N6O. The second-order valence-corrected chi connectivity index (χ2v) is 8.22. The SMILES string of the molecule is Cc1cc(C2CN(c3nc(-c4ccc(Cl)c(F)c4F)c4ncc(C)nc4n3)CCO2)ccn1. The Morgan fingerprint density at radius 1 is 1.03 bits per heavy atom. The van der Waals surface area contributed by atoms with Crippen molar-refractivity contribution in [3.8, 4) is 11.3 Å². The van der Waals surface area contributed by atoms with Gasteiger partial charge < -0.3 is 9.64 Å². The molecule has 1 atom stereocenters. The van der Waals surface area contributed by atoms with Gasteiger partial charge in [-0.2, -0.15) is 4.98 Å². The van der Waals surface area contributed by atoms with E-state index in [4.69, 9.17) is 16.3 Å². The number of hydrogen-bond acceptors (Lipinski definition) is 7. The highest BCUT2D eigenvalue weighted by Crippen LogP contribution is 2.33. The highest BCUT2D eigenvalue weighted by molar-refractivity contribution is 6.30. The van der Waals surface area contributed by atoms with Crippen molar-refractivity contribution in [2.24, 2.45) is 0 Å². The molecule has 1 aromatic carbocycles. The van der Waals surface area contributed by atoms with Gasteiger partial charge in [0.05, 0.1) is 23.9 Å². The smallest absolute Gasteiger partial charge is 0.228 e. The molecule has 0 amide bonds. The zero-order valence-electron chi connectivity index (χ0n) is 17.9. The van der Waals surface area contributed by atoms with E-state index in [0.717, 1.165) is 11.3 Å². The number of anilines is 1. The third-order valence-electron chi connectivity index (χ3n) is 5.45. The van der Waals surface area contributed by atoms with Crippen molar-refractivity contribution < 1.29 is 13.5 Å². The average Bonchev–Trinajstić information content (AvgIpc) is 2.82. The van der Waals surface area contributed by atoms with Gasteiger partial charge in [-0.05, 0) is 43.7 Å². The Balaban J connectivity index is 1.61. The van der Waals surface area contributed by atoms with Crippen LogP contribution in [-0.2, 0) is 4.74 Å². The highest BCUT2D eigenvalue weighted by atomic mass is 35.5. The van der Waals surface area contributed by atoms with Crippen molar-refractivity contribution >= 4 is 28.7 Å². The Morgan fingerprint density at radius 2 is 1.88 bits per heavy atom. The molecule has 4 aromatic rings. The Kier molecular flexibility index (Phi) is 5.59. The van der Waals surface area contributed by atoms with E-state index in [-0.39, 0.29) is 27.9 Å². The molecule has 0 radical (unpaired) electrons. The fourth-order valence-corrected chi connectivity index (χ4v) is 3.97. The Hall–Kier alpha value is -3.30. The first-order valence-electron chi connectivity index (χ1n) is 10.3. The van der Waals surface area contributed by atoms with Gasteiger partial charge in [0.1, 0.15) is 17.3 Å². The summed E-state index contributed by atoms with van der Waals surface area (Å²) in [5.41, 5.74) is 3.20. The molecule has 0 spiro atoms. The Morgan fingerprint density at radius 3 is 2.70 bits per heavy atom. The number of pyridine rings is 1. The lowest BCUT2D eigenvalue weighted by Crippen LogP contribution is -2.39. The zero-order valence-corrected chi connectivity index (χ0v) is 18.6. The molecule has 7 nitrogen and oxygen atoms in total. The van der Waals surface area contributed by atoms with Crippen molar-refractivity contribution in [2.45, 2.75) is 20.0 Å². The second kappa shape index (κ2) is 8.57. The Labute approximate surface area is 193 Å². The van der Waals surface area contributed by atoms with Crippen molar-refractivity contribution in [2.75, 3.05) is 24.6 Å². The Bertz CT molecular complexity index is 1370. The van der Waals surface area contributed by atoms with Gasteiger partial charge in [-0.15, -0.1) is 0 Å². The first-order valence-corrected chi connectivity index (χ1v) is 10.7. The molecule has 3 aromatic heterocycles. The van der Waals surface area contributed by atoms with Gasteiger partial charge >= 0.3 is 0 Å². The van der Waals surface area contributed by atoms with Crippen molar-refractivity contribution in [3.63, 3.8) is 0 Å². The van der Waals surface area contributed by atoms with Crippen LogP contribution in [0.2, 0.25) is 5.02 Å². The summed E-state index contributed by atoms with van der Waals surface area (Å²) in [5.74, 6) is -1.89. The molecule has 33 heavy (non-hydrogen) atoms. The van der Waals surface area contributed by atoms with Crippen LogP contribution in [0.3, 0.4) is 0 Å². The maximum absolute atomic E-state index is 14.8. The minimum atomic E-state index is -1.14. The van der Waals surface area contributed by atoms with E-state index in [1.165, 1.54) is 18.3 Å². The standard InChI is InChI=1S/C23H19ClF2N6O/c1-12-9-14(5-6-27-12)17-11-32(7-8-33-17)23-30-20(15-3-4-16(24)19(26)18(15)25)21-22(31-23)29-13(2)10-28-21/h3-6,9-10,17H,7-8,11H2,1-2H3. The molecule has 1 aliphatic heterocycles. The summed E-state index contributed by atoms with van der Waals surface area (Å²) in [5, 5.41) is -0.305. The molecule has 0 N–H and O–H groups in total. The maximum atomic E-state index is 14.8. The lowest BCUT2D eigenvalue weighted by molar-refractivity contribution is 0.0391. The van der Waals surface area contributed by atoms with Gasteiger partial charge in [-0.3, -0.25) is 4.98 Å². The molecule has 1 unspecified atom stereocenters. The van der Waals surface area contributed by atoms with Gasteiger partial charge in [-0.25, -0.2) is 23.7 Å². The van der Waals surface area contributed by atoms with Gasteiger partial charge in [0.15, 0.2) is 17.3 Å². The number of benzene rings is 1. The number of rotatable bonds is 3.